The van der Waals surface area contributed by atoms with Crippen LogP contribution in [0.25, 0.3) is 21.5 Å². The fourth-order valence-corrected chi connectivity index (χ4v) is 4.30. The van der Waals surface area contributed by atoms with Crippen molar-refractivity contribution < 1.29 is 19.4 Å². The van der Waals surface area contributed by atoms with Crippen molar-refractivity contribution in [1.82, 2.24) is 20.0 Å². The molecule has 10 nitrogen and oxygen atoms in total. The second-order valence-corrected chi connectivity index (χ2v) is 10.0. The third-order valence-electron chi connectivity index (χ3n) is 4.66. The Bertz CT molecular complexity index is 1430. The monoisotopic (exact) mass is 514 g/mol. The number of hydrogen-bond acceptors (Lipinski definition) is 9. The summed E-state index contributed by atoms with van der Waals surface area (Å²) in [6.45, 7) is 6.57. The van der Waals surface area contributed by atoms with Crippen LogP contribution in [0.1, 0.15) is 33.3 Å². The van der Waals surface area contributed by atoms with Crippen LogP contribution in [0.5, 0.6) is 0 Å². The van der Waals surface area contributed by atoms with Crippen LogP contribution < -0.4 is 10.6 Å². The van der Waals surface area contributed by atoms with Crippen LogP contribution in [0.2, 0.25) is 5.02 Å². The second kappa shape index (κ2) is 9.61. The molecule has 0 fully saturated rings. The van der Waals surface area contributed by atoms with Gasteiger partial charge in [-0.25, -0.2) is 4.79 Å². The number of halogens is 1. The Morgan fingerprint density at radius 2 is 1.97 bits per heavy atom. The topological polar surface area (TPSA) is 131 Å². The van der Waals surface area contributed by atoms with E-state index in [9.17, 15) is 14.7 Å². The maximum atomic E-state index is 12.5. The largest absolute Gasteiger partial charge is 0.442 e. The van der Waals surface area contributed by atoms with E-state index >= 15 is 0 Å². The summed E-state index contributed by atoms with van der Waals surface area (Å²) in [5, 5.41) is 30.0. The molecule has 1 amide bonds. The van der Waals surface area contributed by atoms with Gasteiger partial charge in [0.2, 0.25) is 11.0 Å². The summed E-state index contributed by atoms with van der Waals surface area (Å²) in [6, 6.07) is 8.66. The van der Waals surface area contributed by atoms with Gasteiger partial charge >= 0.3 is 6.09 Å². The van der Waals surface area contributed by atoms with Crippen molar-refractivity contribution in [2.45, 2.75) is 39.9 Å². The molecule has 0 saturated carbocycles. The van der Waals surface area contributed by atoms with Crippen LogP contribution in [0.4, 0.5) is 21.3 Å². The van der Waals surface area contributed by atoms with Gasteiger partial charge in [0.25, 0.3) is 0 Å². The molecule has 0 saturated heterocycles. The SMILES string of the molecule is CC(=O)Nc1cc(CO)cc(-c2nnc(Nc3ccc4c(cnn4C(=O)OC(C)(C)C)c3Cl)s2)c1. The van der Waals surface area contributed by atoms with Gasteiger partial charge in [-0.2, -0.15) is 9.78 Å². The molecule has 0 aliphatic carbocycles. The molecule has 2 aromatic heterocycles. The molecular weight excluding hydrogens is 492 g/mol. The van der Waals surface area contributed by atoms with E-state index in [1.54, 1.807) is 51.1 Å². The third kappa shape index (κ3) is 5.59. The van der Waals surface area contributed by atoms with Crippen LogP contribution >= 0.6 is 22.9 Å². The lowest BCUT2D eigenvalue weighted by Gasteiger charge is -2.19. The van der Waals surface area contributed by atoms with Crippen molar-refractivity contribution in [2.75, 3.05) is 10.6 Å². The first-order valence-electron chi connectivity index (χ1n) is 10.6. The number of amides is 1. The Balaban J connectivity index is 1.60. The van der Waals surface area contributed by atoms with E-state index in [2.05, 4.69) is 25.9 Å². The van der Waals surface area contributed by atoms with Gasteiger partial charge in [0.1, 0.15) is 10.6 Å². The maximum absolute atomic E-state index is 12.5. The minimum Gasteiger partial charge on any atom is -0.442 e. The molecule has 0 unspecified atom stereocenters. The van der Waals surface area contributed by atoms with Gasteiger partial charge in [-0.1, -0.05) is 22.9 Å². The number of ether oxygens (including phenoxy) is 1. The molecular formula is C23H23ClN6O4S. The summed E-state index contributed by atoms with van der Waals surface area (Å²) >= 11 is 7.87. The van der Waals surface area contributed by atoms with Crippen molar-refractivity contribution >= 4 is 62.3 Å². The van der Waals surface area contributed by atoms with Gasteiger partial charge < -0.3 is 20.5 Å². The van der Waals surface area contributed by atoms with Gasteiger partial charge in [-0.15, -0.1) is 10.2 Å². The summed E-state index contributed by atoms with van der Waals surface area (Å²) < 4.78 is 6.56. The number of anilines is 3. The van der Waals surface area contributed by atoms with Crippen LogP contribution in [0.15, 0.2) is 36.5 Å². The Kier molecular flexibility index (Phi) is 6.75. The van der Waals surface area contributed by atoms with Crippen LogP contribution in [0, 0.1) is 0 Å². The number of aromatic nitrogens is 4. The fraction of sp³-hybridized carbons (Fsp3) is 0.261. The number of benzene rings is 2. The zero-order valence-corrected chi connectivity index (χ0v) is 21.0. The molecule has 2 aromatic carbocycles. The molecule has 0 radical (unpaired) electrons. The summed E-state index contributed by atoms with van der Waals surface area (Å²) in [5.41, 5.74) is 2.31. The number of aliphatic hydroxyl groups excluding tert-OH is 1. The van der Waals surface area contributed by atoms with Gasteiger partial charge in [0.05, 0.1) is 29.0 Å². The molecule has 35 heavy (non-hydrogen) atoms. The van der Waals surface area contributed by atoms with E-state index in [1.165, 1.54) is 29.1 Å². The number of fused-ring (bicyclic) bond motifs is 1. The molecule has 0 spiro atoms. The lowest BCUT2D eigenvalue weighted by molar-refractivity contribution is -0.114. The average molecular weight is 515 g/mol. The van der Waals surface area contributed by atoms with Crippen LogP contribution in [-0.4, -0.2) is 42.7 Å². The summed E-state index contributed by atoms with van der Waals surface area (Å²) in [7, 11) is 0. The number of carbonyl (C=O) groups is 2. The summed E-state index contributed by atoms with van der Waals surface area (Å²) in [6.07, 6.45) is 0.907. The molecule has 0 aliphatic rings. The van der Waals surface area contributed by atoms with E-state index in [0.29, 0.717) is 48.6 Å². The smallest absolute Gasteiger partial charge is 0.435 e. The number of rotatable bonds is 5. The van der Waals surface area contributed by atoms with Gasteiger partial charge in [-0.05, 0) is 56.7 Å². The lowest BCUT2D eigenvalue weighted by atomic mass is 10.1. The van der Waals surface area contributed by atoms with E-state index in [4.69, 9.17) is 16.3 Å². The molecule has 0 bridgehead atoms. The molecule has 3 N–H and O–H groups in total. The van der Waals surface area contributed by atoms with Gasteiger partial charge in [0, 0.05) is 23.6 Å². The first-order valence-corrected chi connectivity index (χ1v) is 11.8. The third-order valence-corrected chi connectivity index (χ3v) is 5.96. The first-order chi connectivity index (χ1) is 16.5. The zero-order chi connectivity index (χ0) is 25.3. The minimum atomic E-state index is -0.657. The number of nitrogens with zero attached hydrogens (tertiary/aromatic N) is 4. The highest BCUT2D eigenvalue weighted by Gasteiger charge is 2.21. The Morgan fingerprint density at radius 3 is 2.66 bits per heavy atom. The maximum Gasteiger partial charge on any atom is 0.435 e. The van der Waals surface area contributed by atoms with E-state index in [-0.39, 0.29) is 12.5 Å². The van der Waals surface area contributed by atoms with Crippen molar-refractivity contribution in [2.24, 2.45) is 0 Å². The molecule has 4 rings (SSSR count). The summed E-state index contributed by atoms with van der Waals surface area (Å²) in [5.74, 6) is -0.217. The summed E-state index contributed by atoms with van der Waals surface area (Å²) in [4.78, 5) is 23.9. The number of aliphatic hydroxyl groups is 1. The fourth-order valence-electron chi connectivity index (χ4n) is 3.30. The predicted molar refractivity (Wildman–Crippen MR) is 135 cm³/mol. The Labute approximate surface area is 209 Å². The Morgan fingerprint density at radius 1 is 1.20 bits per heavy atom. The average Bonchev–Trinajstić information content (AvgIpc) is 3.41. The Hall–Kier alpha value is -3.54. The van der Waals surface area contributed by atoms with Crippen molar-refractivity contribution in [3.8, 4) is 10.6 Å². The molecule has 182 valence electrons. The normalized spacial score (nSPS) is 11.5. The predicted octanol–water partition coefficient (Wildman–Crippen LogP) is 5.19. The van der Waals surface area contributed by atoms with Crippen molar-refractivity contribution in [3.63, 3.8) is 0 Å². The molecule has 0 atom stereocenters. The van der Waals surface area contributed by atoms with Crippen molar-refractivity contribution in [3.05, 3.63) is 47.1 Å². The number of carbonyl (C=O) groups excluding carboxylic acids is 2. The molecule has 4 aromatic rings. The van der Waals surface area contributed by atoms with Gasteiger partial charge in [-0.3, -0.25) is 4.79 Å². The van der Waals surface area contributed by atoms with Crippen molar-refractivity contribution in [1.29, 1.82) is 0 Å². The highest BCUT2D eigenvalue weighted by Crippen LogP contribution is 2.36. The molecule has 12 heteroatoms. The highest BCUT2D eigenvalue weighted by atomic mass is 35.5. The standard InChI is InChI=1S/C23H23ClN6O4S/c1-12(32)26-15-8-13(11-31)7-14(9-15)20-28-29-21(35-20)27-17-5-6-18-16(19(17)24)10-25-30(18)22(33)34-23(2,3)4/h5-10,31H,11H2,1-4H3,(H,26,32)(H,27,29). The van der Waals surface area contributed by atoms with E-state index in [1.807, 2.05) is 0 Å². The first kappa shape index (κ1) is 24.6. The second-order valence-electron chi connectivity index (χ2n) is 8.69. The molecule has 2 heterocycles. The molecule has 0 aliphatic heterocycles. The number of nitrogens with one attached hydrogen (secondary N) is 2. The highest BCUT2D eigenvalue weighted by molar-refractivity contribution is 7.18. The zero-order valence-electron chi connectivity index (χ0n) is 19.4. The van der Waals surface area contributed by atoms with Gasteiger partial charge in [0.15, 0.2) is 0 Å². The van der Waals surface area contributed by atoms with E-state index < -0.39 is 11.7 Å². The van der Waals surface area contributed by atoms with E-state index in [0.717, 1.165) is 0 Å². The minimum absolute atomic E-state index is 0.184. The lowest BCUT2D eigenvalue weighted by Crippen LogP contribution is -2.27. The van der Waals surface area contributed by atoms with Crippen LogP contribution in [-0.2, 0) is 16.1 Å². The number of hydrogen-bond donors (Lipinski definition) is 3. The van der Waals surface area contributed by atoms with Crippen LogP contribution in [0.3, 0.4) is 0 Å². The quantitative estimate of drug-likeness (QED) is 0.331.